The van der Waals surface area contributed by atoms with Gasteiger partial charge in [0.15, 0.2) is 0 Å². The molecule has 16 heavy (non-hydrogen) atoms. The predicted molar refractivity (Wildman–Crippen MR) is 67.5 cm³/mol. The monoisotopic (exact) mass is 216 g/mol. The number of rotatable bonds is 2. The highest BCUT2D eigenvalue weighted by molar-refractivity contribution is 5.90. The summed E-state index contributed by atoms with van der Waals surface area (Å²) in [6, 6.07) is 8.28. The fourth-order valence-corrected chi connectivity index (χ4v) is 1.59. The Bertz CT molecular complexity index is 507. The van der Waals surface area contributed by atoms with Gasteiger partial charge >= 0.3 is 0 Å². The van der Waals surface area contributed by atoms with Gasteiger partial charge in [-0.2, -0.15) is 4.98 Å². The van der Waals surface area contributed by atoms with Crippen molar-refractivity contribution in [3.8, 4) is 0 Å². The molecule has 0 atom stereocenters. The van der Waals surface area contributed by atoms with E-state index in [0.717, 1.165) is 16.7 Å². The zero-order valence-electron chi connectivity index (χ0n) is 9.81. The smallest absolute Gasteiger partial charge is 0.222 e. The minimum atomic E-state index is 0.321. The summed E-state index contributed by atoms with van der Waals surface area (Å²) in [4.78, 5) is 10.6. The van der Waals surface area contributed by atoms with Crippen LogP contribution in [0.4, 0.5) is 11.8 Å². The van der Waals surface area contributed by atoms with Crippen LogP contribution in [0.1, 0.15) is 13.8 Å². The number of hydrogen-bond acceptors (Lipinski definition) is 4. The molecular weight excluding hydrogens is 200 g/mol. The van der Waals surface area contributed by atoms with E-state index in [1.807, 2.05) is 31.3 Å². The van der Waals surface area contributed by atoms with Crippen LogP contribution in [0.15, 0.2) is 24.3 Å². The first-order valence-electron chi connectivity index (χ1n) is 5.34. The number of benzene rings is 1. The highest BCUT2D eigenvalue weighted by Gasteiger charge is 2.12. The minimum Gasteiger partial charge on any atom is -0.368 e. The molecule has 0 unspecified atom stereocenters. The molecule has 4 heteroatoms. The van der Waals surface area contributed by atoms with Crippen molar-refractivity contribution in [1.82, 2.24) is 9.97 Å². The zero-order valence-corrected chi connectivity index (χ0v) is 9.81. The number of hydrogen-bond donors (Lipinski definition) is 1. The van der Waals surface area contributed by atoms with Gasteiger partial charge in [-0.3, -0.25) is 0 Å². The molecular formula is C12H16N4. The SMILES string of the molecule is CC(C)N(C)c1nc(N)nc2ccccc12. The van der Waals surface area contributed by atoms with Crippen molar-refractivity contribution in [3.63, 3.8) is 0 Å². The highest BCUT2D eigenvalue weighted by Crippen LogP contribution is 2.24. The summed E-state index contributed by atoms with van der Waals surface area (Å²) < 4.78 is 0. The maximum Gasteiger partial charge on any atom is 0.222 e. The normalized spacial score (nSPS) is 11.0. The van der Waals surface area contributed by atoms with Crippen molar-refractivity contribution in [2.45, 2.75) is 19.9 Å². The molecule has 0 bridgehead atoms. The average Bonchev–Trinajstić information content (AvgIpc) is 2.26. The number of para-hydroxylation sites is 1. The van der Waals surface area contributed by atoms with E-state index in [-0.39, 0.29) is 0 Å². The number of nitrogens with zero attached hydrogens (tertiary/aromatic N) is 3. The Labute approximate surface area is 95.1 Å². The molecule has 2 aromatic rings. The lowest BCUT2D eigenvalue weighted by Gasteiger charge is -2.23. The maximum atomic E-state index is 5.71. The molecule has 2 rings (SSSR count). The quantitative estimate of drug-likeness (QED) is 0.834. The molecule has 2 N–H and O–H groups in total. The second-order valence-electron chi connectivity index (χ2n) is 4.13. The van der Waals surface area contributed by atoms with Crippen molar-refractivity contribution >= 4 is 22.7 Å². The minimum absolute atomic E-state index is 0.321. The molecule has 0 aliphatic heterocycles. The van der Waals surface area contributed by atoms with E-state index in [2.05, 4.69) is 28.7 Å². The van der Waals surface area contributed by atoms with Crippen LogP contribution in [0.25, 0.3) is 10.9 Å². The van der Waals surface area contributed by atoms with E-state index >= 15 is 0 Å². The second kappa shape index (κ2) is 3.96. The molecule has 0 saturated carbocycles. The van der Waals surface area contributed by atoms with Crippen LogP contribution in [-0.4, -0.2) is 23.1 Å². The van der Waals surface area contributed by atoms with E-state index in [4.69, 9.17) is 5.73 Å². The topological polar surface area (TPSA) is 55.0 Å². The third-order valence-electron chi connectivity index (χ3n) is 2.71. The van der Waals surface area contributed by atoms with Crippen molar-refractivity contribution < 1.29 is 0 Å². The van der Waals surface area contributed by atoms with Gasteiger partial charge in [0.2, 0.25) is 5.95 Å². The molecule has 0 amide bonds. The first kappa shape index (κ1) is 10.7. The molecule has 1 aromatic heterocycles. The number of nitrogen functional groups attached to an aromatic ring is 1. The van der Waals surface area contributed by atoms with Crippen molar-refractivity contribution in [1.29, 1.82) is 0 Å². The summed E-state index contributed by atoms with van der Waals surface area (Å²) in [7, 11) is 2.01. The largest absolute Gasteiger partial charge is 0.368 e. The third-order valence-corrected chi connectivity index (χ3v) is 2.71. The summed E-state index contributed by atoms with van der Waals surface area (Å²) in [5.74, 6) is 1.21. The van der Waals surface area contributed by atoms with Crippen LogP contribution in [0.3, 0.4) is 0 Å². The lowest BCUT2D eigenvalue weighted by atomic mass is 10.2. The molecule has 0 fully saturated rings. The summed E-state index contributed by atoms with van der Waals surface area (Å²) >= 11 is 0. The van der Waals surface area contributed by atoms with Crippen molar-refractivity contribution in [2.75, 3.05) is 17.7 Å². The van der Waals surface area contributed by atoms with E-state index < -0.39 is 0 Å². The third kappa shape index (κ3) is 1.78. The summed E-state index contributed by atoms with van der Waals surface area (Å²) in [6.07, 6.45) is 0. The Morgan fingerprint density at radius 2 is 1.88 bits per heavy atom. The highest BCUT2D eigenvalue weighted by atomic mass is 15.2. The number of fused-ring (bicyclic) bond motifs is 1. The molecule has 0 radical (unpaired) electrons. The maximum absolute atomic E-state index is 5.71. The standard InChI is InChI=1S/C12H16N4/c1-8(2)16(3)11-9-6-4-5-7-10(9)14-12(13)15-11/h4-8H,1-3H3,(H2,13,14,15). The lowest BCUT2D eigenvalue weighted by Crippen LogP contribution is -2.27. The van der Waals surface area contributed by atoms with Gasteiger partial charge in [0.05, 0.1) is 5.52 Å². The van der Waals surface area contributed by atoms with Crippen molar-refractivity contribution in [3.05, 3.63) is 24.3 Å². The van der Waals surface area contributed by atoms with Crippen LogP contribution in [0.2, 0.25) is 0 Å². The molecule has 0 aliphatic rings. The van der Waals surface area contributed by atoms with Gasteiger partial charge in [-0.25, -0.2) is 4.98 Å². The van der Waals surface area contributed by atoms with Crippen LogP contribution < -0.4 is 10.6 Å². The van der Waals surface area contributed by atoms with Gasteiger partial charge in [0, 0.05) is 18.5 Å². The molecule has 0 aliphatic carbocycles. The Morgan fingerprint density at radius 1 is 1.19 bits per heavy atom. The van der Waals surface area contributed by atoms with Crippen LogP contribution in [0.5, 0.6) is 0 Å². The number of anilines is 2. The predicted octanol–water partition coefficient (Wildman–Crippen LogP) is 2.06. The van der Waals surface area contributed by atoms with E-state index in [1.54, 1.807) is 0 Å². The fourth-order valence-electron chi connectivity index (χ4n) is 1.59. The molecule has 0 saturated heterocycles. The van der Waals surface area contributed by atoms with Crippen LogP contribution in [-0.2, 0) is 0 Å². The van der Waals surface area contributed by atoms with Crippen LogP contribution in [0, 0.1) is 0 Å². The molecule has 4 nitrogen and oxygen atoms in total. The van der Waals surface area contributed by atoms with Gasteiger partial charge < -0.3 is 10.6 Å². The second-order valence-corrected chi connectivity index (χ2v) is 4.13. The average molecular weight is 216 g/mol. The first-order chi connectivity index (χ1) is 7.59. The summed E-state index contributed by atoms with van der Waals surface area (Å²) in [5.41, 5.74) is 6.60. The van der Waals surface area contributed by atoms with Gasteiger partial charge in [-0.05, 0) is 26.0 Å². The van der Waals surface area contributed by atoms with E-state index in [1.165, 1.54) is 0 Å². The zero-order chi connectivity index (χ0) is 11.7. The van der Waals surface area contributed by atoms with Gasteiger partial charge in [-0.1, -0.05) is 12.1 Å². The molecule has 0 spiro atoms. The summed E-state index contributed by atoms with van der Waals surface area (Å²) in [6.45, 7) is 4.24. The van der Waals surface area contributed by atoms with E-state index in [9.17, 15) is 0 Å². The van der Waals surface area contributed by atoms with Gasteiger partial charge in [0.1, 0.15) is 5.82 Å². The first-order valence-corrected chi connectivity index (χ1v) is 5.34. The van der Waals surface area contributed by atoms with Crippen molar-refractivity contribution in [2.24, 2.45) is 0 Å². The Morgan fingerprint density at radius 3 is 2.56 bits per heavy atom. The Balaban J connectivity index is 2.67. The lowest BCUT2D eigenvalue weighted by molar-refractivity contribution is 0.746. The number of aromatic nitrogens is 2. The van der Waals surface area contributed by atoms with Crippen LogP contribution >= 0.6 is 0 Å². The molecule has 84 valence electrons. The molecule has 1 heterocycles. The Kier molecular flexibility index (Phi) is 2.64. The van der Waals surface area contributed by atoms with Gasteiger partial charge in [0.25, 0.3) is 0 Å². The number of nitrogens with two attached hydrogens (primary N) is 1. The van der Waals surface area contributed by atoms with Gasteiger partial charge in [-0.15, -0.1) is 0 Å². The fraction of sp³-hybridized carbons (Fsp3) is 0.333. The Hall–Kier alpha value is -1.84. The van der Waals surface area contributed by atoms with E-state index in [0.29, 0.717) is 12.0 Å². The molecule has 1 aromatic carbocycles. The summed E-state index contributed by atoms with van der Waals surface area (Å²) in [5, 5.41) is 1.04.